The van der Waals surface area contributed by atoms with E-state index in [0.29, 0.717) is 0 Å². The van der Waals surface area contributed by atoms with E-state index in [9.17, 15) is 0 Å². The van der Waals surface area contributed by atoms with Gasteiger partial charge in [0.2, 0.25) is 0 Å². The van der Waals surface area contributed by atoms with Gasteiger partial charge in [-0.05, 0) is 52.6 Å². The van der Waals surface area contributed by atoms with Gasteiger partial charge in [0.15, 0.2) is 5.82 Å². The predicted octanol–water partition coefficient (Wildman–Crippen LogP) is 13.5. The minimum atomic E-state index is 0.719. The van der Waals surface area contributed by atoms with Crippen molar-refractivity contribution in [3.05, 3.63) is 170 Å². The molecule has 3 heterocycles. The van der Waals surface area contributed by atoms with Crippen LogP contribution in [0, 0.1) is 0 Å². The van der Waals surface area contributed by atoms with Crippen molar-refractivity contribution in [1.82, 2.24) is 9.97 Å². The Balaban J connectivity index is 1.03. The van der Waals surface area contributed by atoms with Crippen LogP contribution in [0.2, 0.25) is 0 Å². The lowest BCUT2D eigenvalue weighted by molar-refractivity contribution is 1.18. The standard InChI is InChI=1S/C46H28N2S2/c1-2-9-33(10-3-1)46-47-40(31-21-17-29(18-22-31)34-25-26-44-39(27-34)37-12-5-6-15-42(37)49-44)28-41(48-46)32-23-19-30(20-24-32)35-13-8-14-38-36-11-4-7-16-43(36)50-45(35)38/h1-28H. The van der Waals surface area contributed by atoms with Crippen LogP contribution in [0.5, 0.6) is 0 Å². The Morgan fingerprint density at radius 1 is 0.320 bits per heavy atom. The van der Waals surface area contributed by atoms with Crippen molar-refractivity contribution in [2.75, 3.05) is 0 Å². The molecule has 0 spiro atoms. The van der Waals surface area contributed by atoms with E-state index in [4.69, 9.17) is 9.97 Å². The number of hydrogen-bond donors (Lipinski definition) is 0. The van der Waals surface area contributed by atoms with Gasteiger partial charge in [-0.2, -0.15) is 0 Å². The number of aromatic nitrogens is 2. The predicted molar refractivity (Wildman–Crippen MR) is 215 cm³/mol. The highest BCUT2D eigenvalue weighted by Crippen LogP contribution is 2.41. The molecule has 0 N–H and O–H groups in total. The second-order valence-electron chi connectivity index (χ2n) is 12.6. The summed E-state index contributed by atoms with van der Waals surface area (Å²) in [5.41, 5.74) is 9.79. The van der Waals surface area contributed by atoms with E-state index >= 15 is 0 Å². The molecule has 4 heteroatoms. The molecular formula is C46H28N2S2. The summed E-state index contributed by atoms with van der Waals surface area (Å²) < 4.78 is 5.29. The summed E-state index contributed by atoms with van der Waals surface area (Å²) in [5, 5.41) is 5.26. The van der Waals surface area contributed by atoms with Crippen molar-refractivity contribution < 1.29 is 0 Å². The molecule has 0 aliphatic carbocycles. The van der Waals surface area contributed by atoms with Gasteiger partial charge in [0, 0.05) is 57.0 Å². The van der Waals surface area contributed by atoms with Gasteiger partial charge in [-0.25, -0.2) is 9.97 Å². The van der Waals surface area contributed by atoms with Gasteiger partial charge in [-0.15, -0.1) is 22.7 Å². The van der Waals surface area contributed by atoms with Crippen LogP contribution >= 0.6 is 22.7 Å². The van der Waals surface area contributed by atoms with E-state index in [-0.39, 0.29) is 0 Å². The van der Waals surface area contributed by atoms with Crippen LogP contribution < -0.4 is 0 Å². The summed E-state index contributed by atoms with van der Waals surface area (Å²) in [7, 11) is 0. The van der Waals surface area contributed by atoms with E-state index in [0.717, 1.165) is 33.9 Å². The lowest BCUT2D eigenvalue weighted by atomic mass is 9.99. The van der Waals surface area contributed by atoms with E-state index in [1.807, 2.05) is 40.9 Å². The van der Waals surface area contributed by atoms with Crippen molar-refractivity contribution in [2.45, 2.75) is 0 Å². The monoisotopic (exact) mass is 672 g/mol. The molecule has 2 nitrogen and oxygen atoms in total. The topological polar surface area (TPSA) is 25.8 Å². The molecule has 0 bridgehead atoms. The molecule has 0 atom stereocenters. The quantitative estimate of drug-likeness (QED) is 0.182. The molecule has 0 aliphatic heterocycles. The Hall–Kier alpha value is -5.94. The summed E-state index contributed by atoms with van der Waals surface area (Å²) >= 11 is 3.71. The molecule has 234 valence electrons. The van der Waals surface area contributed by atoms with Gasteiger partial charge in [0.1, 0.15) is 0 Å². The molecule has 0 aliphatic rings. The summed E-state index contributed by atoms with van der Waals surface area (Å²) in [6.07, 6.45) is 0. The van der Waals surface area contributed by atoms with Crippen LogP contribution in [0.3, 0.4) is 0 Å². The van der Waals surface area contributed by atoms with Crippen molar-refractivity contribution in [3.63, 3.8) is 0 Å². The van der Waals surface area contributed by atoms with Gasteiger partial charge < -0.3 is 0 Å². The van der Waals surface area contributed by atoms with Crippen molar-refractivity contribution in [2.24, 2.45) is 0 Å². The largest absolute Gasteiger partial charge is 0.228 e. The summed E-state index contributed by atoms with van der Waals surface area (Å²) in [6, 6.07) is 60.7. The fourth-order valence-electron chi connectivity index (χ4n) is 6.99. The number of nitrogens with zero attached hydrogens (tertiary/aromatic N) is 2. The van der Waals surface area contributed by atoms with Crippen LogP contribution in [0.4, 0.5) is 0 Å². The van der Waals surface area contributed by atoms with E-state index < -0.39 is 0 Å². The van der Waals surface area contributed by atoms with Crippen molar-refractivity contribution >= 4 is 63.0 Å². The zero-order valence-corrected chi connectivity index (χ0v) is 28.5. The fourth-order valence-corrected chi connectivity index (χ4v) is 9.32. The first-order valence-corrected chi connectivity index (χ1v) is 18.4. The molecule has 0 unspecified atom stereocenters. The third kappa shape index (κ3) is 5.00. The maximum atomic E-state index is 5.09. The van der Waals surface area contributed by atoms with E-state index in [1.54, 1.807) is 0 Å². The average Bonchev–Trinajstić information content (AvgIpc) is 3.76. The summed E-state index contributed by atoms with van der Waals surface area (Å²) in [6.45, 7) is 0. The summed E-state index contributed by atoms with van der Waals surface area (Å²) in [4.78, 5) is 10.2. The third-order valence-corrected chi connectivity index (χ3v) is 11.9. The molecule has 0 saturated heterocycles. The Morgan fingerprint density at radius 2 is 0.860 bits per heavy atom. The van der Waals surface area contributed by atoms with Crippen LogP contribution in [-0.4, -0.2) is 9.97 Å². The van der Waals surface area contributed by atoms with Gasteiger partial charge in [-0.3, -0.25) is 0 Å². The molecule has 0 saturated carbocycles. The van der Waals surface area contributed by atoms with Gasteiger partial charge in [0.05, 0.1) is 11.4 Å². The number of hydrogen-bond acceptors (Lipinski definition) is 4. The average molecular weight is 673 g/mol. The number of benzene rings is 7. The van der Waals surface area contributed by atoms with Crippen molar-refractivity contribution in [3.8, 4) is 56.2 Å². The Kier molecular flexibility index (Phi) is 6.90. The molecule has 7 aromatic carbocycles. The smallest absolute Gasteiger partial charge is 0.160 e. The first-order valence-electron chi connectivity index (χ1n) is 16.7. The van der Waals surface area contributed by atoms with Crippen LogP contribution in [0.1, 0.15) is 0 Å². The molecular weight excluding hydrogens is 645 g/mol. The number of rotatable bonds is 5. The molecule has 10 aromatic rings. The number of thiophene rings is 2. The van der Waals surface area contributed by atoms with Gasteiger partial charge >= 0.3 is 0 Å². The highest BCUT2D eigenvalue weighted by atomic mass is 32.1. The minimum absolute atomic E-state index is 0.719. The second-order valence-corrected chi connectivity index (χ2v) is 14.7. The van der Waals surface area contributed by atoms with Crippen molar-refractivity contribution in [1.29, 1.82) is 0 Å². The third-order valence-electron chi connectivity index (χ3n) is 9.54. The molecule has 0 fully saturated rings. The van der Waals surface area contributed by atoms with E-state index in [2.05, 4.69) is 152 Å². The highest BCUT2D eigenvalue weighted by Gasteiger charge is 2.14. The lowest BCUT2D eigenvalue weighted by Gasteiger charge is -2.11. The maximum absolute atomic E-state index is 5.09. The first kappa shape index (κ1) is 29.0. The second kappa shape index (κ2) is 11.9. The zero-order chi connectivity index (χ0) is 33.0. The SMILES string of the molecule is c1ccc(-c2nc(-c3ccc(-c4ccc5sc6ccccc6c5c4)cc3)cc(-c3ccc(-c4cccc5c4sc4ccccc45)cc3)n2)cc1. The molecule has 3 aromatic heterocycles. The summed E-state index contributed by atoms with van der Waals surface area (Å²) in [5.74, 6) is 0.719. The molecule has 0 radical (unpaired) electrons. The van der Waals surface area contributed by atoms with Gasteiger partial charge in [0.25, 0.3) is 0 Å². The minimum Gasteiger partial charge on any atom is -0.228 e. The Morgan fingerprint density at radius 3 is 1.58 bits per heavy atom. The van der Waals surface area contributed by atoms with Crippen LogP contribution in [0.15, 0.2) is 170 Å². The molecule has 50 heavy (non-hydrogen) atoms. The number of fused-ring (bicyclic) bond motifs is 6. The molecule has 0 amide bonds. The lowest BCUT2D eigenvalue weighted by Crippen LogP contribution is -1.96. The normalized spacial score (nSPS) is 11.6. The first-order chi connectivity index (χ1) is 24.7. The van der Waals surface area contributed by atoms with Crippen LogP contribution in [-0.2, 0) is 0 Å². The van der Waals surface area contributed by atoms with Crippen LogP contribution in [0.25, 0.3) is 96.5 Å². The van der Waals surface area contributed by atoms with E-state index in [1.165, 1.54) is 62.6 Å². The Labute approximate surface area is 297 Å². The zero-order valence-electron chi connectivity index (χ0n) is 26.9. The maximum Gasteiger partial charge on any atom is 0.160 e. The Bertz CT molecular complexity index is 2850. The molecule has 10 rings (SSSR count). The highest BCUT2D eigenvalue weighted by molar-refractivity contribution is 7.26. The fraction of sp³-hybridized carbons (Fsp3) is 0. The van der Waals surface area contributed by atoms with Gasteiger partial charge in [-0.1, -0.05) is 140 Å².